The van der Waals surface area contributed by atoms with Crippen LogP contribution in [0.15, 0.2) is 66.7 Å². The molecule has 5 rings (SSSR count). The molecule has 11 amide bonds. The van der Waals surface area contributed by atoms with Gasteiger partial charge in [0.05, 0.1) is 19.3 Å². The summed E-state index contributed by atoms with van der Waals surface area (Å²) in [6, 6.07) is -3.45. The number of aliphatic hydroxyl groups excluding tert-OH is 3. The molecule has 3 aliphatic heterocycles. The number of nitrogens with one attached hydrogen (secondary N) is 8. The molecule has 29 nitrogen and oxygen atoms in total. The molecule has 0 unspecified atom stereocenters. The lowest BCUT2D eigenvalue weighted by Crippen LogP contribution is -2.62. The van der Waals surface area contributed by atoms with Crippen LogP contribution in [0.2, 0.25) is 0 Å². The molecule has 2 saturated heterocycles. The topological polar surface area (TPSA) is 461 Å². The van der Waals surface area contributed by atoms with Crippen LogP contribution in [0.3, 0.4) is 0 Å². The molecule has 3 aliphatic rings. The van der Waals surface area contributed by atoms with E-state index in [0.29, 0.717) is 30.4 Å². The number of nitrogens with two attached hydrogens (primary N) is 2. The number of fused-ring (bicyclic) bond motifs is 2. The predicted octanol–water partition coefficient (Wildman–Crippen LogP) is -4.52. The molecule has 0 aromatic heterocycles. The van der Waals surface area contributed by atoms with Gasteiger partial charge in [0.25, 0.3) is 0 Å². The molecule has 470 valence electrons. The fraction of sp³-hybridized carbons (Fsp3) is 0.544. The van der Waals surface area contributed by atoms with Gasteiger partial charge in [-0.3, -0.25) is 52.7 Å². The molecule has 2 aromatic carbocycles. The number of aliphatic hydroxyl groups is 3. The molecule has 13 atom stereocenters. The van der Waals surface area contributed by atoms with E-state index in [1.807, 2.05) is 0 Å². The van der Waals surface area contributed by atoms with E-state index in [2.05, 4.69) is 42.5 Å². The molecular weight excluding hydrogens is 1120 g/mol. The summed E-state index contributed by atoms with van der Waals surface area (Å²) in [4.78, 5) is 170. The smallest absolute Gasteiger partial charge is 0.326 e. The van der Waals surface area contributed by atoms with E-state index >= 15 is 0 Å². The molecule has 0 bridgehead atoms. The third-order valence-electron chi connectivity index (χ3n) is 15.2. The Morgan fingerprint density at radius 2 is 1.27 bits per heavy atom. The van der Waals surface area contributed by atoms with Crippen molar-refractivity contribution in [2.45, 2.75) is 164 Å². The largest absolute Gasteiger partial charge is 0.508 e. The summed E-state index contributed by atoms with van der Waals surface area (Å²) >= 11 is 0. The van der Waals surface area contributed by atoms with Gasteiger partial charge >= 0.3 is 5.97 Å². The number of primary amides is 1. The fourth-order valence-electron chi connectivity index (χ4n) is 10.1. The number of carboxylic acid groups (broad SMARTS) is 1. The number of carboxylic acids is 1. The second kappa shape index (κ2) is 32.7. The highest BCUT2D eigenvalue weighted by atomic mass is 16.4. The Hall–Kier alpha value is -8.54. The van der Waals surface area contributed by atoms with Crippen LogP contribution in [0.5, 0.6) is 5.75 Å². The quantitative estimate of drug-likeness (QED) is 0.0664. The summed E-state index contributed by atoms with van der Waals surface area (Å²) in [5.41, 5.74) is 12.1. The molecule has 3 heterocycles. The maximum absolute atomic E-state index is 14.7. The standard InChI is InChI=1S/C57H80N12O17/c1-4-30(2)45-56(84)69-25-11-17-43(69)55(83)68-24-10-16-42(68)53(81)62-38(22-23-44(59)74)49(77)61-36(48(76)64-40(57(85)86)27-33-18-20-34(73)21-19-33)14-8-9-15-37(60-47(75)35(58)28-70)50(78)67-46(31(3)72)54(82)63-39(26-32-12-6-5-7-13-32)51(79)65-41(29-71)52(80)66-45/h5-9,12-13,18-21,30-31,35-43,45-46,70-73H,4,10-11,14-17,22-29,58H2,1-3H3,(H2,59,74)(H,60,75)(H,61,77)(H,62,81)(H,63,82)(H,64,76)(H,65,79)(H,66,80)(H,67,78)(H,85,86)/b9-8-/t30-,31+,35+,36-,37-,38-,39-,40-,41-,42-,43-,45-,46-/m0/s1. The van der Waals surface area contributed by atoms with Gasteiger partial charge < -0.3 is 89.3 Å². The second-order valence-electron chi connectivity index (χ2n) is 21.7. The molecule has 0 saturated carbocycles. The first-order chi connectivity index (χ1) is 40.9. The Bertz CT molecular complexity index is 2790. The highest BCUT2D eigenvalue weighted by Crippen LogP contribution is 2.27. The number of benzene rings is 2. The van der Waals surface area contributed by atoms with Crippen molar-refractivity contribution in [1.82, 2.24) is 52.3 Å². The molecule has 0 radical (unpaired) electrons. The summed E-state index contributed by atoms with van der Waals surface area (Å²) in [6.45, 7) is 2.77. The molecule has 0 spiro atoms. The molecule has 29 heteroatoms. The first-order valence-electron chi connectivity index (χ1n) is 28.5. The molecular formula is C57H80N12O17. The third-order valence-corrected chi connectivity index (χ3v) is 15.2. The zero-order valence-electron chi connectivity index (χ0n) is 48.1. The number of rotatable bonds is 17. The summed E-state index contributed by atoms with van der Waals surface area (Å²) in [6.07, 6.45) is -0.455. The Balaban J connectivity index is 1.59. The van der Waals surface area contributed by atoms with Gasteiger partial charge in [0.2, 0.25) is 65.0 Å². The zero-order chi connectivity index (χ0) is 63.4. The SMILES string of the molecule is CC[C@H](C)[C@@H]1NC(=O)[C@H](CO)NC(=O)[C@H](Cc2ccccc2)NC(=O)[C@H]([C@@H](C)O)NC(=O)[C@@H](NC(=O)[C@H](N)CO)C/C=C\C[C@@H](C(=O)N[C@@H](Cc2ccc(O)cc2)C(=O)O)NC(=O)[C@H](CCC(N)=O)NC(=O)[C@@H]2CCCN2C(=O)[C@@H]2CCCN2C1=O. The fourth-order valence-corrected chi connectivity index (χ4v) is 10.1. The van der Waals surface area contributed by atoms with Gasteiger partial charge in [0, 0.05) is 32.4 Å². The summed E-state index contributed by atoms with van der Waals surface area (Å²) in [5, 5.41) is 71.0. The number of hydrogen-bond acceptors (Lipinski definition) is 17. The molecule has 17 N–H and O–H groups in total. The Labute approximate surface area is 496 Å². The van der Waals surface area contributed by atoms with Crippen molar-refractivity contribution in [3.05, 3.63) is 77.9 Å². The van der Waals surface area contributed by atoms with Crippen molar-refractivity contribution < 1.29 is 83.1 Å². The number of amides is 11. The molecule has 86 heavy (non-hydrogen) atoms. The summed E-state index contributed by atoms with van der Waals surface area (Å²) < 4.78 is 0. The van der Waals surface area contributed by atoms with Gasteiger partial charge in [-0.2, -0.15) is 0 Å². The number of aromatic hydroxyl groups is 1. The zero-order valence-corrected chi connectivity index (χ0v) is 48.1. The van der Waals surface area contributed by atoms with E-state index in [1.54, 1.807) is 44.2 Å². The minimum atomic E-state index is -1.88. The van der Waals surface area contributed by atoms with Crippen molar-refractivity contribution in [2.24, 2.45) is 17.4 Å². The first-order valence-corrected chi connectivity index (χ1v) is 28.5. The summed E-state index contributed by atoms with van der Waals surface area (Å²) in [5.74, 6) is -12.8. The molecule has 2 aromatic rings. The number of phenolic OH excluding ortho intramolecular Hbond substituents is 1. The van der Waals surface area contributed by atoms with Gasteiger partial charge in [-0.05, 0) is 81.0 Å². The van der Waals surface area contributed by atoms with Crippen LogP contribution < -0.4 is 54.0 Å². The van der Waals surface area contributed by atoms with Crippen molar-refractivity contribution >= 4 is 70.9 Å². The van der Waals surface area contributed by atoms with Crippen LogP contribution >= 0.6 is 0 Å². The highest BCUT2D eigenvalue weighted by Gasteiger charge is 2.45. The average molecular weight is 1210 g/mol. The van der Waals surface area contributed by atoms with Crippen molar-refractivity contribution in [2.75, 3.05) is 26.3 Å². The number of carbonyl (C=O) groups is 12. The molecule has 0 aliphatic carbocycles. The number of hydrogen-bond donors (Lipinski definition) is 15. The third kappa shape index (κ3) is 19.2. The number of phenols is 1. The van der Waals surface area contributed by atoms with Crippen LogP contribution in [-0.2, 0) is 70.4 Å². The van der Waals surface area contributed by atoms with Crippen LogP contribution in [0.1, 0.15) is 89.7 Å². The van der Waals surface area contributed by atoms with Gasteiger partial charge in [-0.25, -0.2) is 4.79 Å². The second-order valence-corrected chi connectivity index (χ2v) is 21.7. The van der Waals surface area contributed by atoms with Gasteiger partial charge in [0.1, 0.15) is 72.2 Å². The monoisotopic (exact) mass is 1200 g/mol. The van der Waals surface area contributed by atoms with E-state index in [4.69, 9.17) is 11.5 Å². The van der Waals surface area contributed by atoms with E-state index in [0.717, 1.165) is 6.92 Å². The van der Waals surface area contributed by atoms with E-state index in [-0.39, 0.29) is 44.5 Å². The predicted molar refractivity (Wildman–Crippen MR) is 305 cm³/mol. The normalized spacial score (nSPS) is 26.2. The summed E-state index contributed by atoms with van der Waals surface area (Å²) in [7, 11) is 0. The van der Waals surface area contributed by atoms with Crippen LogP contribution in [-0.4, -0.2) is 205 Å². The van der Waals surface area contributed by atoms with Crippen LogP contribution in [0.25, 0.3) is 0 Å². The lowest BCUT2D eigenvalue weighted by Gasteiger charge is -2.35. The maximum atomic E-state index is 14.7. The number of nitrogens with zero attached hydrogens (tertiary/aromatic N) is 2. The minimum absolute atomic E-state index is 0.0479. The first kappa shape index (κ1) is 68.2. The van der Waals surface area contributed by atoms with Crippen molar-refractivity contribution in [3.8, 4) is 5.75 Å². The van der Waals surface area contributed by atoms with Crippen molar-refractivity contribution in [3.63, 3.8) is 0 Å². The lowest BCUT2D eigenvalue weighted by atomic mass is 9.96. The Morgan fingerprint density at radius 1 is 0.686 bits per heavy atom. The van der Waals surface area contributed by atoms with Crippen molar-refractivity contribution in [1.29, 1.82) is 0 Å². The molecule has 2 fully saturated rings. The highest BCUT2D eigenvalue weighted by molar-refractivity contribution is 5.99. The van der Waals surface area contributed by atoms with Crippen LogP contribution in [0.4, 0.5) is 0 Å². The average Bonchev–Trinajstić information content (AvgIpc) is 2.58. The van der Waals surface area contributed by atoms with E-state index in [1.165, 1.54) is 46.2 Å². The van der Waals surface area contributed by atoms with Gasteiger partial charge in [0.15, 0.2) is 0 Å². The van der Waals surface area contributed by atoms with Gasteiger partial charge in [-0.15, -0.1) is 0 Å². The van der Waals surface area contributed by atoms with E-state index < -0.39 is 188 Å². The Kier molecular flexibility index (Phi) is 25.9. The Morgan fingerprint density at radius 3 is 1.87 bits per heavy atom. The van der Waals surface area contributed by atoms with Gasteiger partial charge in [-0.1, -0.05) is 74.9 Å². The number of aliphatic carboxylic acids is 1. The van der Waals surface area contributed by atoms with Crippen LogP contribution in [0, 0.1) is 5.92 Å². The lowest BCUT2D eigenvalue weighted by molar-refractivity contribution is -0.149. The maximum Gasteiger partial charge on any atom is 0.326 e. The number of carbonyl (C=O) groups excluding carboxylic acids is 11. The van der Waals surface area contributed by atoms with E-state index in [9.17, 15) is 83.1 Å². The minimum Gasteiger partial charge on any atom is -0.508 e.